The average molecular weight is 547 g/mol. The predicted octanol–water partition coefficient (Wildman–Crippen LogP) is 7.71. The fourth-order valence-electron chi connectivity index (χ4n) is 9.36. The van der Waals surface area contributed by atoms with Gasteiger partial charge in [0.2, 0.25) is 0 Å². The Morgan fingerprint density at radius 1 is 1.11 bits per heavy atom. The highest BCUT2D eigenvalue weighted by Crippen LogP contribution is 2.73. The number of hydrogen-bond donors (Lipinski definition) is 1. The van der Waals surface area contributed by atoms with Gasteiger partial charge < -0.3 is 19.3 Å². The Morgan fingerprint density at radius 3 is 2.37 bits per heavy atom. The minimum absolute atomic E-state index is 0.103. The van der Waals surface area contributed by atoms with Crippen molar-refractivity contribution in [1.29, 1.82) is 0 Å². The van der Waals surface area contributed by atoms with Crippen molar-refractivity contribution in [2.45, 2.75) is 122 Å². The Morgan fingerprint density at radius 2 is 1.79 bits per heavy atom. The van der Waals surface area contributed by atoms with Crippen LogP contribution in [0, 0.1) is 46.8 Å². The monoisotopic (exact) mass is 546 g/mol. The Hall–Kier alpha value is -0.463. The van der Waals surface area contributed by atoms with E-state index in [1.54, 1.807) is 0 Å². The number of rotatable bonds is 11. The van der Waals surface area contributed by atoms with E-state index in [0.717, 1.165) is 44.8 Å². The quantitative estimate of drug-likeness (QED) is 0.0948. The minimum atomic E-state index is -1.12. The van der Waals surface area contributed by atoms with E-state index in [0.29, 0.717) is 36.4 Å². The molecule has 218 valence electrons. The molecule has 3 aliphatic carbocycles. The highest BCUT2D eigenvalue weighted by molar-refractivity contribution is 6.76. The standard InChI is InChI=1S/C33H58O4Si/c1-12-23(5)26-18-30(7)20-28(36-21-35-16-17-38(9,10)11)29(22(3)4)27(30)19-32(26,34)31(8)33(37-31)15-14-24(6)25(33)13-2/h12-13,22-29,34H,1-2,14-21H2,3-11H3/t23-,24-,25-,26+,27-,28+,29+,30-,31+,32+,33-/m1/s1. The van der Waals surface area contributed by atoms with Gasteiger partial charge in [-0.15, -0.1) is 13.2 Å². The third kappa shape index (κ3) is 4.84. The molecule has 0 aromatic rings. The van der Waals surface area contributed by atoms with Gasteiger partial charge in [0.05, 0.1) is 11.7 Å². The third-order valence-corrected chi connectivity index (χ3v) is 13.5. The van der Waals surface area contributed by atoms with Crippen LogP contribution < -0.4 is 0 Å². The van der Waals surface area contributed by atoms with E-state index >= 15 is 0 Å². The lowest BCUT2D eigenvalue weighted by Crippen LogP contribution is -2.61. The van der Waals surface area contributed by atoms with E-state index in [1.165, 1.54) is 0 Å². The molecule has 4 fully saturated rings. The maximum atomic E-state index is 13.0. The molecule has 5 heteroatoms. The molecule has 0 amide bonds. The summed E-state index contributed by atoms with van der Waals surface area (Å²) in [4.78, 5) is 0. The summed E-state index contributed by atoms with van der Waals surface area (Å²) in [5.41, 5.74) is -1.65. The van der Waals surface area contributed by atoms with Crippen LogP contribution in [-0.2, 0) is 14.2 Å². The van der Waals surface area contributed by atoms with Crippen LogP contribution in [0.25, 0.3) is 0 Å². The van der Waals surface area contributed by atoms with Crippen molar-refractivity contribution < 1.29 is 19.3 Å². The maximum absolute atomic E-state index is 13.0. The molecule has 0 unspecified atom stereocenters. The summed E-state index contributed by atoms with van der Waals surface area (Å²) in [7, 11) is -1.12. The summed E-state index contributed by atoms with van der Waals surface area (Å²) in [6.45, 7) is 30.6. The Bertz CT molecular complexity index is 883. The molecule has 0 bridgehead atoms. The van der Waals surface area contributed by atoms with Crippen molar-refractivity contribution >= 4 is 8.07 Å². The fourth-order valence-corrected chi connectivity index (χ4v) is 10.1. The summed E-state index contributed by atoms with van der Waals surface area (Å²) >= 11 is 0. The van der Waals surface area contributed by atoms with Gasteiger partial charge in [-0.1, -0.05) is 66.4 Å². The second-order valence-electron chi connectivity index (χ2n) is 15.7. The lowest BCUT2D eigenvalue weighted by Gasteiger charge is -2.55. The Kier molecular flexibility index (Phi) is 8.36. The van der Waals surface area contributed by atoms with Gasteiger partial charge in [0.1, 0.15) is 18.0 Å². The predicted molar refractivity (Wildman–Crippen MR) is 160 cm³/mol. The zero-order valence-electron chi connectivity index (χ0n) is 26.0. The molecule has 11 atom stereocenters. The topological polar surface area (TPSA) is 51.2 Å². The van der Waals surface area contributed by atoms with Gasteiger partial charge in [-0.2, -0.15) is 0 Å². The Balaban J connectivity index is 1.60. The molecule has 4 nitrogen and oxygen atoms in total. The smallest absolute Gasteiger partial charge is 0.147 e. The van der Waals surface area contributed by atoms with Crippen LogP contribution in [0.3, 0.4) is 0 Å². The molecular weight excluding hydrogens is 488 g/mol. The first-order chi connectivity index (χ1) is 17.6. The fraction of sp³-hybridized carbons (Fsp3) is 0.879. The lowest BCUT2D eigenvalue weighted by molar-refractivity contribution is -0.161. The zero-order valence-corrected chi connectivity index (χ0v) is 27.0. The largest absolute Gasteiger partial charge is 0.386 e. The molecule has 38 heavy (non-hydrogen) atoms. The van der Waals surface area contributed by atoms with Gasteiger partial charge >= 0.3 is 0 Å². The first-order valence-electron chi connectivity index (χ1n) is 15.5. The van der Waals surface area contributed by atoms with Crippen LogP contribution in [0.2, 0.25) is 25.7 Å². The molecule has 1 saturated heterocycles. The van der Waals surface area contributed by atoms with Gasteiger partial charge in [0.25, 0.3) is 0 Å². The van der Waals surface area contributed by atoms with Crippen molar-refractivity contribution in [3.05, 3.63) is 25.3 Å². The summed E-state index contributed by atoms with van der Waals surface area (Å²) in [5.74, 6) is 2.38. The molecule has 1 N–H and O–H groups in total. The molecule has 1 aliphatic heterocycles. The van der Waals surface area contributed by atoms with E-state index < -0.39 is 19.3 Å². The van der Waals surface area contributed by atoms with Crippen molar-refractivity contribution in [2.24, 2.45) is 46.8 Å². The van der Waals surface area contributed by atoms with E-state index in [2.05, 4.69) is 86.5 Å². The van der Waals surface area contributed by atoms with E-state index in [9.17, 15) is 5.11 Å². The zero-order chi connectivity index (χ0) is 28.3. The summed E-state index contributed by atoms with van der Waals surface area (Å²) in [5, 5.41) is 13.0. The van der Waals surface area contributed by atoms with E-state index in [1.807, 2.05) is 0 Å². The van der Waals surface area contributed by atoms with Crippen molar-refractivity contribution in [1.82, 2.24) is 0 Å². The molecule has 0 radical (unpaired) electrons. The third-order valence-electron chi connectivity index (χ3n) is 11.8. The molecule has 4 aliphatic rings. The highest BCUT2D eigenvalue weighted by Gasteiger charge is 2.82. The lowest BCUT2D eigenvalue weighted by atomic mass is 9.51. The van der Waals surface area contributed by atoms with Gasteiger partial charge in [-0.25, -0.2) is 0 Å². The first kappa shape index (κ1) is 30.5. The number of hydrogen-bond acceptors (Lipinski definition) is 4. The van der Waals surface area contributed by atoms with Gasteiger partial charge in [0, 0.05) is 20.6 Å². The number of aliphatic hydroxyl groups is 1. The van der Waals surface area contributed by atoms with Crippen LogP contribution in [0.1, 0.15) is 73.6 Å². The van der Waals surface area contributed by atoms with E-state index in [-0.39, 0.29) is 29.0 Å². The molecule has 1 spiro atoms. The van der Waals surface area contributed by atoms with Gasteiger partial charge in [-0.3, -0.25) is 0 Å². The average Bonchev–Trinajstić information content (AvgIpc) is 3.15. The molecule has 0 aromatic heterocycles. The maximum Gasteiger partial charge on any atom is 0.147 e. The molecule has 4 rings (SSSR count). The van der Waals surface area contributed by atoms with Crippen molar-refractivity contribution in [3.63, 3.8) is 0 Å². The summed E-state index contributed by atoms with van der Waals surface area (Å²) < 4.78 is 19.3. The van der Waals surface area contributed by atoms with Crippen LogP contribution in [-0.4, -0.2) is 49.5 Å². The van der Waals surface area contributed by atoms with E-state index in [4.69, 9.17) is 14.2 Å². The molecule has 0 aromatic carbocycles. The van der Waals surface area contributed by atoms with Gasteiger partial charge in [0.15, 0.2) is 0 Å². The van der Waals surface area contributed by atoms with Crippen molar-refractivity contribution in [2.75, 3.05) is 13.4 Å². The Labute approximate surface area is 235 Å². The number of epoxide rings is 1. The van der Waals surface area contributed by atoms with Crippen LogP contribution in [0.5, 0.6) is 0 Å². The number of allylic oxidation sites excluding steroid dienone is 1. The van der Waals surface area contributed by atoms with Gasteiger partial charge in [-0.05, 0) is 86.0 Å². The highest BCUT2D eigenvalue weighted by atomic mass is 28.3. The summed E-state index contributed by atoms with van der Waals surface area (Å²) in [6.07, 6.45) is 9.23. The number of fused-ring (bicyclic) bond motifs is 1. The SMILES string of the molecule is C=C[C@@H](C)[C@@H]1C[C@]2(C)C[C@H](OCOCC[Si](C)(C)C)[C@@H](C(C)C)[C@H]2C[C@@]1(O)[C@]1(C)O[C@@]12CC[C@@H](C)[C@H]2C=C. The van der Waals surface area contributed by atoms with Crippen LogP contribution in [0.4, 0.5) is 0 Å². The first-order valence-corrected chi connectivity index (χ1v) is 19.2. The van der Waals surface area contributed by atoms with Crippen LogP contribution in [0.15, 0.2) is 25.3 Å². The number of ether oxygens (including phenoxy) is 3. The normalized spacial score (nSPS) is 47.3. The second-order valence-corrected chi connectivity index (χ2v) is 21.3. The second kappa shape index (κ2) is 10.4. The van der Waals surface area contributed by atoms with Crippen LogP contribution >= 0.6 is 0 Å². The molecule has 1 heterocycles. The summed E-state index contributed by atoms with van der Waals surface area (Å²) in [6, 6.07) is 1.16. The minimum Gasteiger partial charge on any atom is -0.386 e. The molecular formula is C33H58O4Si. The van der Waals surface area contributed by atoms with Crippen molar-refractivity contribution in [3.8, 4) is 0 Å². The molecule has 3 saturated carbocycles.